The third-order valence-electron chi connectivity index (χ3n) is 2.64. The summed E-state index contributed by atoms with van der Waals surface area (Å²) >= 11 is 6.05. The highest BCUT2D eigenvalue weighted by atomic mass is 32.1. The Morgan fingerprint density at radius 2 is 1.88 bits per heavy atom. The van der Waals surface area contributed by atoms with Crippen molar-refractivity contribution in [2.75, 3.05) is 5.75 Å². The van der Waals surface area contributed by atoms with E-state index in [1.54, 1.807) is 0 Å². The summed E-state index contributed by atoms with van der Waals surface area (Å²) in [5.41, 5.74) is 1.15. The number of para-hydroxylation sites is 1. The molecule has 0 unspecified atom stereocenters. The molecule has 0 saturated heterocycles. The number of hydrogen-bond donors (Lipinski definition) is 1. The van der Waals surface area contributed by atoms with Gasteiger partial charge in [-0.25, -0.2) is 4.98 Å². The smallest absolute Gasteiger partial charge is 0.0938 e. The summed E-state index contributed by atoms with van der Waals surface area (Å²) < 4.78 is 1.31. The predicted octanol–water partition coefficient (Wildman–Crippen LogP) is 4.33. The topological polar surface area (TPSA) is 12.9 Å². The first kappa shape index (κ1) is 11.9. The Bertz CT molecular complexity index is 403. The highest BCUT2D eigenvalue weighted by Crippen LogP contribution is 2.22. The van der Waals surface area contributed by atoms with Gasteiger partial charge >= 0.3 is 0 Å². The van der Waals surface area contributed by atoms with E-state index in [1.807, 2.05) is 11.3 Å². The first-order valence-electron chi connectivity index (χ1n) is 5.85. The van der Waals surface area contributed by atoms with Crippen molar-refractivity contribution in [2.45, 2.75) is 32.1 Å². The minimum atomic E-state index is 1.02. The number of unbranched alkanes of at least 4 members (excludes halogenated alkanes) is 3. The van der Waals surface area contributed by atoms with E-state index in [0.29, 0.717) is 0 Å². The zero-order chi connectivity index (χ0) is 11.2. The van der Waals surface area contributed by atoms with Crippen molar-refractivity contribution in [1.29, 1.82) is 0 Å². The summed E-state index contributed by atoms with van der Waals surface area (Å²) in [6, 6.07) is 8.38. The Labute approximate surface area is 106 Å². The quantitative estimate of drug-likeness (QED) is 0.595. The lowest BCUT2D eigenvalue weighted by Crippen LogP contribution is -1.85. The van der Waals surface area contributed by atoms with Crippen LogP contribution >= 0.6 is 24.0 Å². The van der Waals surface area contributed by atoms with Crippen LogP contribution in [0.5, 0.6) is 0 Å². The van der Waals surface area contributed by atoms with Crippen LogP contribution in [-0.2, 0) is 6.42 Å². The van der Waals surface area contributed by atoms with E-state index >= 15 is 0 Å². The first-order valence-corrected chi connectivity index (χ1v) is 7.30. The molecule has 0 saturated carbocycles. The lowest BCUT2D eigenvalue weighted by molar-refractivity contribution is 0.670. The standard InChI is InChI=1S/C13H17NS2/c15-10-6-2-1-3-9-13-14-11-7-4-5-8-12(11)16-13/h4-5,7-8,15H,1-3,6,9-10H2. The summed E-state index contributed by atoms with van der Waals surface area (Å²) in [6.07, 6.45) is 6.23. The van der Waals surface area contributed by atoms with E-state index in [1.165, 1.54) is 35.4 Å². The van der Waals surface area contributed by atoms with Gasteiger partial charge in [-0.15, -0.1) is 11.3 Å². The Morgan fingerprint density at radius 3 is 2.69 bits per heavy atom. The molecule has 0 aliphatic carbocycles. The Morgan fingerprint density at radius 1 is 1.06 bits per heavy atom. The maximum absolute atomic E-state index is 4.63. The maximum atomic E-state index is 4.63. The van der Waals surface area contributed by atoms with Crippen molar-refractivity contribution in [3.63, 3.8) is 0 Å². The molecular formula is C13H17NS2. The molecule has 0 fully saturated rings. The molecule has 0 N–H and O–H groups in total. The third kappa shape index (κ3) is 3.22. The Balaban J connectivity index is 1.85. The van der Waals surface area contributed by atoms with Crippen molar-refractivity contribution in [3.8, 4) is 0 Å². The molecule has 16 heavy (non-hydrogen) atoms. The number of aromatic nitrogens is 1. The molecule has 0 amide bonds. The zero-order valence-electron chi connectivity index (χ0n) is 9.35. The van der Waals surface area contributed by atoms with Crippen LogP contribution in [0.15, 0.2) is 24.3 Å². The number of aryl methyl sites for hydroxylation is 1. The van der Waals surface area contributed by atoms with E-state index in [9.17, 15) is 0 Å². The number of rotatable bonds is 6. The minimum Gasteiger partial charge on any atom is -0.241 e. The molecule has 0 spiro atoms. The summed E-state index contributed by atoms with van der Waals surface area (Å²) in [6.45, 7) is 0. The van der Waals surface area contributed by atoms with Crippen LogP contribution < -0.4 is 0 Å². The monoisotopic (exact) mass is 251 g/mol. The van der Waals surface area contributed by atoms with Crippen LogP contribution in [0, 0.1) is 0 Å². The average molecular weight is 251 g/mol. The second-order valence-corrected chi connectivity index (χ2v) is 5.53. The zero-order valence-corrected chi connectivity index (χ0v) is 11.1. The van der Waals surface area contributed by atoms with Crippen LogP contribution in [0.4, 0.5) is 0 Å². The van der Waals surface area contributed by atoms with Gasteiger partial charge in [-0.1, -0.05) is 25.0 Å². The van der Waals surface area contributed by atoms with E-state index in [4.69, 9.17) is 0 Å². The van der Waals surface area contributed by atoms with Gasteiger partial charge in [0.2, 0.25) is 0 Å². The van der Waals surface area contributed by atoms with Gasteiger partial charge in [0.25, 0.3) is 0 Å². The molecule has 1 aromatic heterocycles. The van der Waals surface area contributed by atoms with Crippen molar-refractivity contribution in [1.82, 2.24) is 4.98 Å². The molecule has 1 nitrogen and oxygen atoms in total. The molecule has 0 bridgehead atoms. The van der Waals surface area contributed by atoms with E-state index < -0.39 is 0 Å². The van der Waals surface area contributed by atoms with Crippen molar-refractivity contribution < 1.29 is 0 Å². The predicted molar refractivity (Wildman–Crippen MR) is 75.6 cm³/mol. The Hall–Kier alpha value is -0.540. The molecule has 2 aromatic rings. The number of fused-ring (bicyclic) bond motifs is 1. The number of thiazole rings is 1. The molecule has 0 radical (unpaired) electrons. The van der Waals surface area contributed by atoms with Gasteiger partial charge in [-0.05, 0) is 37.1 Å². The summed E-state index contributed by atoms with van der Waals surface area (Å²) in [7, 11) is 0. The molecule has 1 heterocycles. The molecule has 86 valence electrons. The van der Waals surface area contributed by atoms with Gasteiger partial charge in [0.1, 0.15) is 0 Å². The number of hydrogen-bond acceptors (Lipinski definition) is 3. The van der Waals surface area contributed by atoms with Gasteiger partial charge in [0.15, 0.2) is 0 Å². The highest BCUT2D eigenvalue weighted by molar-refractivity contribution is 7.80. The van der Waals surface area contributed by atoms with E-state index in [0.717, 1.165) is 17.7 Å². The second-order valence-electron chi connectivity index (χ2n) is 3.96. The lowest BCUT2D eigenvalue weighted by Gasteiger charge is -1.96. The van der Waals surface area contributed by atoms with Crippen molar-refractivity contribution in [2.24, 2.45) is 0 Å². The second kappa shape index (κ2) is 6.26. The molecule has 3 heteroatoms. The molecule has 1 aromatic carbocycles. The van der Waals surface area contributed by atoms with Crippen molar-refractivity contribution >= 4 is 34.2 Å². The van der Waals surface area contributed by atoms with Crippen LogP contribution in [0.2, 0.25) is 0 Å². The average Bonchev–Trinajstić information content (AvgIpc) is 2.71. The SMILES string of the molecule is SCCCCCCc1nc2ccccc2s1. The Kier molecular flexibility index (Phi) is 4.67. The molecule has 0 atom stereocenters. The molecular weight excluding hydrogens is 234 g/mol. The third-order valence-corrected chi connectivity index (χ3v) is 4.05. The summed E-state index contributed by atoms with van der Waals surface area (Å²) in [5, 5.41) is 1.28. The lowest BCUT2D eigenvalue weighted by atomic mass is 10.2. The number of nitrogens with zero attached hydrogens (tertiary/aromatic N) is 1. The van der Waals surface area contributed by atoms with Crippen LogP contribution in [-0.4, -0.2) is 10.7 Å². The van der Waals surface area contributed by atoms with Crippen LogP contribution in [0.3, 0.4) is 0 Å². The molecule has 0 aliphatic rings. The molecule has 2 rings (SSSR count). The van der Waals surface area contributed by atoms with Gasteiger partial charge in [-0.2, -0.15) is 12.6 Å². The number of thiol groups is 1. The fraction of sp³-hybridized carbons (Fsp3) is 0.462. The van der Waals surface area contributed by atoms with E-state index in [2.05, 4.69) is 41.9 Å². The van der Waals surface area contributed by atoms with Gasteiger partial charge in [0, 0.05) is 0 Å². The van der Waals surface area contributed by atoms with Crippen LogP contribution in [0.25, 0.3) is 10.2 Å². The first-order chi connectivity index (χ1) is 7.90. The normalized spacial score (nSPS) is 11.1. The minimum absolute atomic E-state index is 1.02. The maximum Gasteiger partial charge on any atom is 0.0938 e. The highest BCUT2D eigenvalue weighted by Gasteiger charge is 2.02. The van der Waals surface area contributed by atoms with Gasteiger partial charge < -0.3 is 0 Å². The van der Waals surface area contributed by atoms with E-state index in [-0.39, 0.29) is 0 Å². The largest absolute Gasteiger partial charge is 0.241 e. The van der Waals surface area contributed by atoms with Crippen molar-refractivity contribution in [3.05, 3.63) is 29.3 Å². The van der Waals surface area contributed by atoms with Gasteiger partial charge in [-0.3, -0.25) is 0 Å². The van der Waals surface area contributed by atoms with Gasteiger partial charge in [0.05, 0.1) is 15.2 Å². The fourth-order valence-corrected chi connectivity index (χ4v) is 3.00. The molecule has 0 aliphatic heterocycles. The fourth-order valence-electron chi connectivity index (χ4n) is 1.77. The number of benzene rings is 1. The van der Waals surface area contributed by atoms with Crippen LogP contribution in [0.1, 0.15) is 30.7 Å². The summed E-state index contributed by atoms with van der Waals surface area (Å²) in [5.74, 6) is 1.02. The summed E-state index contributed by atoms with van der Waals surface area (Å²) in [4.78, 5) is 4.63.